The number of pyridine rings is 2. The van der Waals surface area contributed by atoms with Crippen molar-refractivity contribution < 1.29 is 4.79 Å². The predicted molar refractivity (Wildman–Crippen MR) is 84.5 cm³/mol. The van der Waals surface area contributed by atoms with Crippen LogP contribution in [-0.2, 0) is 4.79 Å². The normalized spacial score (nSPS) is 11.6. The van der Waals surface area contributed by atoms with Crippen LogP contribution < -0.4 is 0 Å². The number of nitrogens with zero attached hydrogens (tertiary/aromatic N) is 2. The average Bonchev–Trinajstić information content (AvgIpc) is 2.53. The standard InChI is InChI=1S/C18H14N2O/c1-13(21)17(18-7-2-3-9-20-18)11-14-5-4-6-15-12-19-10-8-16(14)15/h2-12H,1H3/b17-11-. The topological polar surface area (TPSA) is 42.9 Å². The maximum atomic E-state index is 12.0. The van der Waals surface area contributed by atoms with E-state index in [1.54, 1.807) is 19.3 Å². The van der Waals surface area contributed by atoms with Gasteiger partial charge in [0.05, 0.1) is 5.69 Å². The minimum Gasteiger partial charge on any atom is -0.294 e. The molecule has 0 aliphatic heterocycles. The average molecular weight is 274 g/mol. The maximum Gasteiger partial charge on any atom is 0.161 e. The van der Waals surface area contributed by atoms with Gasteiger partial charge < -0.3 is 0 Å². The molecule has 2 heterocycles. The molecule has 3 nitrogen and oxygen atoms in total. The van der Waals surface area contributed by atoms with E-state index in [1.165, 1.54) is 0 Å². The Morgan fingerprint density at radius 3 is 2.71 bits per heavy atom. The first-order valence-electron chi connectivity index (χ1n) is 6.72. The second kappa shape index (κ2) is 5.67. The van der Waals surface area contributed by atoms with Gasteiger partial charge in [-0.2, -0.15) is 0 Å². The number of ketones is 1. The van der Waals surface area contributed by atoms with E-state index >= 15 is 0 Å². The molecule has 0 unspecified atom stereocenters. The predicted octanol–water partition coefficient (Wildman–Crippen LogP) is 3.76. The molecule has 2 aromatic heterocycles. The Morgan fingerprint density at radius 1 is 1.05 bits per heavy atom. The van der Waals surface area contributed by atoms with Gasteiger partial charge in [0.1, 0.15) is 0 Å². The van der Waals surface area contributed by atoms with Crippen molar-refractivity contribution in [3.05, 3.63) is 72.3 Å². The molecule has 0 saturated carbocycles. The molecule has 0 fully saturated rings. The summed E-state index contributed by atoms with van der Waals surface area (Å²) in [6.07, 6.45) is 7.17. The number of rotatable bonds is 3. The summed E-state index contributed by atoms with van der Waals surface area (Å²) >= 11 is 0. The van der Waals surface area contributed by atoms with E-state index < -0.39 is 0 Å². The third-order valence-electron chi connectivity index (χ3n) is 3.33. The first-order valence-corrected chi connectivity index (χ1v) is 6.72. The lowest BCUT2D eigenvalue weighted by Crippen LogP contribution is -1.98. The third-order valence-corrected chi connectivity index (χ3v) is 3.33. The molecule has 3 rings (SSSR count). The van der Waals surface area contributed by atoms with Gasteiger partial charge in [0.25, 0.3) is 0 Å². The Bertz CT molecular complexity index is 818. The fourth-order valence-electron chi connectivity index (χ4n) is 2.31. The largest absolute Gasteiger partial charge is 0.294 e. The zero-order chi connectivity index (χ0) is 14.7. The summed E-state index contributed by atoms with van der Waals surface area (Å²) in [7, 11) is 0. The molecule has 0 radical (unpaired) electrons. The highest BCUT2D eigenvalue weighted by molar-refractivity contribution is 6.24. The molecule has 0 aliphatic carbocycles. The number of carbonyl (C=O) groups is 1. The first kappa shape index (κ1) is 13.2. The van der Waals surface area contributed by atoms with Gasteiger partial charge in [0.15, 0.2) is 5.78 Å². The summed E-state index contributed by atoms with van der Waals surface area (Å²) in [4.78, 5) is 20.4. The van der Waals surface area contributed by atoms with Gasteiger partial charge >= 0.3 is 0 Å². The SMILES string of the molecule is CC(=O)/C(=C/c1cccc2cnccc12)c1ccccn1. The van der Waals surface area contributed by atoms with Gasteiger partial charge in [0.2, 0.25) is 0 Å². The van der Waals surface area contributed by atoms with Gasteiger partial charge in [-0.3, -0.25) is 14.8 Å². The summed E-state index contributed by atoms with van der Waals surface area (Å²) < 4.78 is 0. The molecule has 0 bridgehead atoms. The lowest BCUT2D eigenvalue weighted by Gasteiger charge is -2.06. The molecule has 1 aromatic carbocycles. The number of benzene rings is 1. The highest BCUT2D eigenvalue weighted by atomic mass is 16.1. The molecule has 102 valence electrons. The van der Waals surface area contributed by atoms with Crippen molar-refractivity contribution >= 4 is 28.2 Å². The maximum absolute atomic E-state index is 12.0. The summed E-state index contributed by atoms with van der Waals surface area (Å²) in [6.45, 7) is 1.56. The number of carbonyl (C=O) groups excluding carboxylic acids is 1. The summed E-state index contributed by atoms with van der Waals surface area (Å²) in [6, 6.07) is 13.5. The first-order chi connectivity index (χ1) is 10.3. The highest BCUT2D eigenvalue weighted by Crippen LogP contribution is 2.23. The van der Waals surface area contributed by atoms with Crippen molar-refractivity contribution in [1.29, 1.82) is 0 Å². The van der Waals surface area contributed by atoms with Gasteiger partial charge in [0, 0.05) is 29.5 Å². The monoisotopic (exact) mass is 274 g/mol. The summed E-state index contributed by atoms with van der Waals surface area (Å²) in [5, 5.41) is 2.12. The number of hydrogen-bond acceptors (Lipinski definition) is 3. The van der Waals surface area contributed by atoms with Gasteiger partial charge in [-0.1, -0.05) is 24.3 Å². The van der Waals surface area contributed by atoms with E-state index in [0.717, 1.165) is 16.3 Å². The minimum absolute atomic E-state index is 0.000223. The zero-order valence-electron chi connectivity index (χ0n) is 11.7. The van der Waals surface area contributed by atoms with Crippen LogP contribution in [0.5, 0.6) is 0 Å². The Labute approximate surface area is 123 Å². The zero-order valence-corrected chi connectivity index (χ0v) is 11.7. The molecule has 3 heteroatoms. The van der Waals surface area contributed by atoms with Crippen LogP contribution in [0.3, 0.4) is 0 Å². The molecule has 0 saturated heterocycles. The van der Waals surface area contributed by atoms with Crippen molar-refractivity contribution in [2.75, 3.05) is 0 Å². The molecular formula is C18H14N2O. The fraction of sp³-hybridized carbons (Fsp3) is 0.0556. The fourth-order valence-corrected chi connectivity index (χ4v) is 2.31. The molecule has 0 aliphatic rings. The Morgan fingerprint density at radius 2 is 1.95 bits per heavy atom. The molecule has 0 spiro atoms. The number of fused-ring (bicyclic) bond motifs is 1. The summed E-state index contributed by atoms with van der Waals surface area (Å²) in [5.74, 6) is -0.000223. The quantitative estimate of drug-likeness (QED) is 0.683. The van der Waals surface area contributed by atoms with Crippen LogP contribution in [0.2, 0.25) is 0 Å². The van der Waals surface area contributed by atoms with E-state index in [-0.39, 0.29) is 5.78 Å². The van der Waals surface area contributed by atoms with Crippen molar-refractivity contribution in [3.8, 4) is 0 Å². The molecule has 0 atom stereocenters. The van der Waals surface area contributed by atoms with Gasteiger partial charge in [-0.25, -0.2) is 0 Å². The minimum atomic E-state index is -0.000223. The van der Waals surface area contributed by atoms with E-state index in [2.05, 4.69) is 9.97 Å². The van der Waals surface area contributed by atoms with E-state index in [0.29, 0.717) is 11.3 Å². The third kappa shape index (κ3) is 2.72. The molecule has 0 amide bonds. The number of aromatic nitrogens is 2. The smallest absolute Gasteiger partial charge is 0.161 e. The van der Waals surface area contributed by atoms with Crippen LogP contribution in [0.25, 0.3) is 22.4 Å². The second-order valence-electron chi connectivity index (χ2n) is 4.77. The van der Waals surface area contributed by atoms with Crippen LogP contribution in [0.4, 0.5) is 0 Å². The molecule has 0 N–H and O–H groups in total. The van der Waals surface area contributed by atoms with E-state index in [4.69, 9.17) is 0 Å². The van der Waals surface area contributed by atoms with Crippen LogP contribution in [-0.4, -0.2) is 15.8 Å². The lowest BCUT2D eigenvalue weighted by molar-refractivity contribution is -0.111. The van der Waals surface area contributed by atoms with Gasteiger partial charge in [-0.15, -0.1) is 0 Å². The van der Waals surface area contributed by atoms with Crippen LogP contribution in [0.15, 0.2) is 61.1 Å². The number of allylic oxidation sites excluding steroid dienone is 1. The molecular weight excluding hydrogens is 260 g/mol. The lowest BCUT2D eigenvalue weighted by atomic mass is 10.0. The van der Waals surface area contributed by atoms with Crippen LogP contribution in [0, 0.1) is 0 Å². The van der Waals surface area contributed by atoms with Crippen molar-refractivity contribution in [2.24, 2.45) is 0 Å². The Hall–Kier alpha value is -2.81. The number of hydrogen-bond donors (Lipinski definition) is 0. The van der Waals surface area contributed by atoms with Crippen molar-refractivity contribution in [2.45, 2.75) is 6.92 Å². The molecule has 21 heavy (non-hydrogen) atoms. The highest BCUT2D eigenvalue weighted by Gasteiger charge is 2.09. The van der Waals surface area contributed by atoms with Crippen LogP contribution >= 0.6 is 0 Å². The van der Waals surface area contributed by atoms with E-state index in [9.17, 15) is 4.79 Å². The number of Topliss-reactive ketones (excluding diaryl/α,β-unsaturated/α-hetero) is 1. The Balaban J connectivity index is 2.19. The Kier molecular flexibility index (Phi) is 3.56. The molecule has 3 aromatic rings. The van der Waals surface area contributed by atoms with Crippen molar-refractivity contribution in [1.82, 2.24) is 9.97 Å². The van der Waals surface area contributed by atoms with Crippen LogP contribution in [0.1, 0.15) is 18.2 Å². The second-order valence-corrected chi connectivity index (χ2v) is 4.77. The van der Waals surface area contributed by atoms with E-state index in [1.807, 2.05) is 54.7 Å². The van der Waals surface area contributed by atoms with Crippen molar-refractivity contribution in [3.63, 3.8) is 0 Å². The van der Waals surface area contributed by atoms with Gasteiger partial charge in [-0.05, 0) is 42.1 Å². The summed E-state index contributed by atoms with van der Waals surface area (Å²) in [5.41, 5.74) is 2.29.